The lowest BCUT2D eigenvalue weighted by molar-refractivity contribution is -0.117. The topological polar surface area (TPSA) is 38.7 Å². The molecule has 0 aromatic heterocycles. The summed E-state index contributed by atoms with van der Waals surface area (Å²) in [7, 11) is 0. The third kappa shape index (κ3) is 3.78. The molecule has 100 valence electrons. The number of nitrogens with zero attached hydrogens (tertiary/aromatic N) is 1. The summed E-state index contributed by atoms with van der Waals surface area (Å²) in [5, 5.41) is 4.11. The lowest BCUT2D eigenvalue weighted by atomic mass is 9.79. The van der Waals surface area contributed by atoms with Gasteiger partial charge >= 0.3 is 0 Å². The highest BCUT2D eigenvalue weighted by molar-refractivity contribution is 5.98. The summed E-state index contributed by atoms with van der Waals surface area (Å²) in [5.74, 6) is 0.760. The van der Waals surface area contributed by atoms with Crippen molar-refractivity contribution in [2.45, 2.75) is 33.6 Å². The Morgan fingerprint density at radius 1 is 1.21 bits per heavy atom. The fourth-order valence-corrected chi connectivity index (χ4v) is 2.21. The highest BCUT2D eigenvalue weighted by Gasteiger charge is 2.28. The van der Waals surface area contributed by atoms with Gasteiger partial charge in [-0.1, -0.05) is 49.3 Å². The van der Waals surface area contributed by atoms with Crippen LogP contribution in [0.15, 0.2) is 47.3 Å². The van der Waals surface area contributed by atoms with Crippen molar-refractivity contribution in [1.29, 1.82) is 0 Å². The van der Waals surface area contributed by atoms with Crippen LogP contribution < -0.4 is 0 Å². The molecule has 1 aromatic rings. The molecule has 0 atom stereocenters. The average molecular weight is 257 g/mol. The summed E-state index contributed by atoms with van der Waals surface area (Å²) in [4.78, 5) is 17.0. The maximum Gasteiger partial charge on any atom is 0.159 e. The second-order valence-corrected chi connectivity index (χ2v) is 5.73. The van der Waals surface area contributed by atoms with Crippen LogP contribution in [0.2, 0.25) is 0 Å². The molecule has 0 saturated carbocycles. The van der Waals surface area contributed by atoms with Crippen LogP contribution in [0, 0.1) is 5.41 Å². The SMILES string of the molecule is CC(=NOC1=CC(=O)CC(C)(C)C1)c1ccccc1. The number of ketones is 1. The summed E-state index contributed by atoms with van der Waals surface area (Å²) >= 11 is 0. The standard InChI is InChI=1S/C16H19NO2/c1-12(13-7-5-4-6-8-13)17-19-15-9-14(18)10-16(2,3)11-15/h4-9H,10-11H2,1-3H3. The predicted octanol–water partition coefficient (Wildman–Crippen LogP) is 3.70. The van der Waals surface area contributed by atoms with Crippen LogP contribution in [0.5, 0.6) is 0 Å². The van der Waals surface area contributed by atoms with Crippen molar-refractivity contribution in [1.82, 2.24) is 0 Å². The smallest absolute Gasteiger partial charge is 0.159 e. The molecule has 3 heteroatoms. The molecule has 0 heterocycles. The van der Waals surface area contributed by atoms with Crippen molar-refractivity contribution in [3.05, 3.63) is 47.7 Å². The fourth-order valence-electron chi connectivity index (χ4n) is 2.21. The van der Waals surface area contributed by atoms with Crippen LogP contribution >= 0.6 is 0 Å². The van der Waals surface area contributed by atoms with Crippen molar-refractivity contribution in [3.8, 4) is 0 Å². The maximum absolute atomic E-state index is 11.6. The number of hydrogen-bond donors (Lipinski definition) is 0. The van der Waals surface area contributed by atoms with E-state index in [1.54, 1.807) is 6.08 Å². The maximum atomic E-state index is 11.6. The van der Waals surface area contributed by atoms with E-state index in [0.717, 1.165) is 17.7 Å². The second-order valence-electron chi connectivity index (χ2n) is 5.73. The lowest BCUT2D eigenvalue weighted by Gasteiger charge is -2.27. The Bertz CT molecular complexity index is 527. The molecule has 0 unspecified atom stereocenters. The minimum atomic E-state index is -0.0443. The number of hydrogen-bond acceptors (Lipinski definition) is 3. The van der Waals surface area contributed by atoms with Crippen LogP contribution in [0.25, 0.3) is 0 Å². The largest absolute Gasteiger partial charge is 0.361 e. The van der Waals surface area contributed by atoms with Gasteiger partial charge in [0.25, 0.3) is 0 Å². The monoisotopic (exact) mass is 257 g/mol. The Kier molecular flexibility index (Phi) is 3.84. The van der Waals surface area contributed by atoms with E-state index in [4.69, 9.17) is 4.84 Å². The van der Waals surface area contributed by atoms with Gasteiger partial charge in [0.05, 0.1) is 5.71 Å². The van der Waals surface area contributed by atoms with Gasteiger partial charge < -0.3 is 4.84 Å². The molecule has 0 fully saturated rings. The van der Waals surface area contributed by atoms with Crippen LogP contribution in [-0.4, -0.2) is 11.5 Å². The fraction of sp³-hybridized carbons (Fsp3) is 0.375. The van der Waals surface area contributed by atoms with Gasteiger partial charge in [-0.2, -0.15) is 0 Å². The Morgan fingerprint density at radius 2 is 1.89 bits per heavy atom. The zero-order valence-electron chi connectivity index (χ0n) is 11.6. The molecule has 0 amide bonds. The molecule has 0 spiro atoms. The molecule has 1 aliphatic rings. The number of carbonyl (C=O) groups is 1. The molecule has 1 aliphatic carbocycles. The van der Waals surface area contributed by atoms with E-state index in [2.05, 4.69) is 19.0 Å². The van der Waals surface area contributed by atoms with Crippen molar-refractivity contribution >= 4 is 11.5 Å². The molecule has 0 bridgehead atoms. The minimum absolute atomic E-state index is 0.0443. The van der Waals surface area contributed by atoms with E-state index < -0.39 is 0 Å². The molecular formula is C16H19NO2. The van der Waals surface area contributed by atoms with Crippen LogP contribution in [0.3, 0.4) is 0 Å². The highest BCUT2D eigenvalue weighted by Crippen LogP contribution is 2.34. The molecule has 19 heavy (non-hydrogen) atoms. The summed E-state index contributed by atoms with van der Waals surface area (Å²) in [6.45, 7) is 6.02. The minimum Gasteiger partial charge on any atom is -0.361 e. The normalized spacial score (nSPS) is 19.0. The van der Waals surface area contributed by atoms with Gasteiger partial charge in [-0.05, 0) is 17.9 Å². The highest BCUT2D eigenvalue weighted by atomic mass is 16.6. The summed E-state index contributed by atoms with van der Waals surface area (Å²) in [5.41, 5.74) is 1.78. The van der Waals surface area contributed by atoms with Crippen LogP contribution in [0.4, 0.5) is 0 Å². The Balaban J connectivity index is 2.08. The number of rotatable bonds is 3. The molecular weight excluding hydrogens is 238 g/mol. The van der Waals surface area contributed by atoms with E-state index >= 15 is 0 Å². The first kappa shape index (κ1) is 13.5. The van der Waals surface area contributed by atoms with Gasteiger partial charge in [0.15, 0.2) is 5.78 Å². The first-order valence-corrected chi connectivity index (χ1v) is 6.47. The van der Waals surface area contributed by atoms with Crippen molar-refractivity contribution in [2.75, 3.05) is 0 Å². The Morgan fingerprint density at radius 3 is 2.53 bits per heavy atom. The summed E-state index contributed by atoms with van der Waals surface area (Å²) in [6.07, 6.45) is 2.87. The van der Waals surface area contributed by atoms with Gasteiger partial charge in [-0.3, -0.25) is 4.79 Å². The number of oxime groups is 1. The lowest BCUT2D eigenvalue weighted by Crippen LogP contribution is -2.22. The van der Waals surface area contributed by atoms with Gasteiger partial charge in [0.1, 0.15) is 5.76 Å². The first-order chi connectivity index (χ1) is 8.96. The van der Waals surface area contributed by atoms with Crippen molar-refractivity contribution < 1.29 is 9.63 Å². The van der Waals surface area contributed by atoms with E-state index in [1.165, 1.54) is 0 Å². The van der Waals surface area contributed by atoms with E-state index in [0.29, 0.717) is 12.2 Å². The molecule has 0 saturated heterocycles. The van der Waals surface area contributed by atoms with E-state index in [-0.39, 0.29) is 11.2 Å². The zero-order valence-corrected chi connectivity index (χ0v) is 11.6. The zero-order chi connectivity index (χ0) is 13.9. The number of benzene rings is 1. The van der Waals surface area contributed by atoms with Gasteiger partial charge in [0, 0.05) is 18.9 Å². The number of carbonyl (C=O) groups excluding carboxylic acids is 1. The van der Waals surface area contributed by atoms with Crippen molar-refractivity contribution in [2.24, 2.45) is 10.6 Å². The molecule has 0 aliphatic heterocycles. The summed E-state index contributed by atoms with van der Waals surface area (Å²) < 4.78 is 0. The average Bonchev–Trinajstić information content (AvgIpc) is 2.34. The summed E-state index contributed by atoms with van der Waals surface area (Å²) in [6, 6.07) is 9.84. The first-order valence-electron chi connectivity index (χ1n) is 6.47. The Hall–Kier alpha value is -1.90. The van der Waals surface area contributed by atoms with Crippen molar-refractivity contribution in [3.63, 3.8) is 0 Å². The third-order valence-corrected chi connectivity index (χ3v) is 3.12. The van der Waals surface area contributed by atoms with E-state index in [1.807, 2.05) is 37.3 Å². The second kappa shape index (κ2) is 5.39. The molecule has 1 aromatic carbocycles. The van der Waals surface area contributed by atoms with E-state index in [9.17, 15) is 4.79 Å². The predicted molar refractivity (Wildman–Crippen MR) is 75.8 cm³/mol. The third-order valence-electron chi connectivity index (χ3n) is 3.12. The molecule has 2 rings (SSSR count). The molecule has 0 radical (unpaired) electrons. The quantitative estimate of drug-likeness (QED) is 0.611. The van der Waals surface area contributed by atoms with Gasteiger partial charge in [0.2, 0.25) is 0 Å². The van der Waals surface area contributed by atoms with Crippen LogP contribution in [0.1, 0.15) is 39.2 Å². The molecule has 3 nitrogen and oxygen atoms in total. The van der Waals surface area contributed by atoms with Crippen LogP contribution in [-0.2, 0) is 9.63 Å². The molecule has 0 N–H and O–H groups in total. The Labute approximate surface area is 114 Å². The van der Waals surface area contributed by atoms with Gasteiger partial charge in [-0.15, -0.1) is 0 Å². The van der Waals surface area contributed by atoms with Gasteiger partial charge in [-0.25, -0.2) is 0 Å². The number of allylic oxidation sites excluding steroid dienone is 2.